The quantitative estimate of drug-likeness (QED) is 0.816. The van der Waals surface area contributed by atoms with Crippen LogP contribution < -0.4 is 10.6 Å². The lowest BCUT2D eigenvalue weighted by atomic mass is 10.0. The van der Waals surface area contributed by atoms with Crippen molar-refractivity contribution < 1.29 is 4.79 Å². The third-order valence-electron chi connectivity index (χ3n) is 4.75. The van der Waals surface area contributed by atoms with E-state index in [2.05, 4.69) is 16.6 Å². The Morgan fingerprint density at radius 2 is 2.29 bits per heavy atom. The molecule has 3 heterocycles. The molecule has 4 rings (SSSR count). The molecule has 2 N–H and O–H groups in total. The smallest absolute Gasteiger partial charge is 0.251 e. The Hall–Kier alpha value is -2.25. The minimum atomic E-state index is 0.0125. The van der Waals surface area contributed by atoms with Gasteiger partial charge >= 0.3 is 0 Å². The number of amides is 1. The van der Waals surface area contributed by atoms with Gasteiger partial charge in [0.05, 0.1) is 5.69 Å². The first-order valence-electron chi connectivity index (χ1n) is 7.36. The standard InChI is InChI=1S/C17H17N3O/c1-2-14-3-4-15-8-11(5-6-20(14)15)17(21)19-16-9-13-7-12(16)10-18-13/h1,3-6,8,12-13,16,18H,7,9-10H2,(H,19,21). The molecule has 3 atom stereocenters. The summed E-state index contributed by atoms with van der Waals surface area (Å²) in [7, 11) is 0. The van der Waals surface area contributed by atoms with Crippen molar-refractivity contribution in [1.82, 2.24) is 15.0 Å². The van der Waals surface area contributed by atoms with E-state index in [0.29, 0.717) is 23.6 Å². The van der Waals surface area contributed by atoms with Crippen molar-refractivity contribution in [2.45, 2.75) is 24.9 Å². The fourth-order valence-electron chi connectivity index (χ4n) is 3.63. The highest BCUT2D eigenvalue weighted by Crippen LogP contribution is 2.31. The van der Waals surface area contributed by atoms with Crippen LogP contribution in [0.2, 0.25) is 0 Å². The van der Waals surface area contributed by atoms with Crippen LogP contribution in [0.3, 0.4) is 0 Å². The van der Waals surface area contributed by atoms with E-state index in [1.807, 2.05) is 34.9 Å². The number of hydrogen-bond acceptors (Lipinski definition) is 2. The molecule has 1 amide bonds. The molecule has 1 aliphatic carbocycles. The molecule has 4 heteroatoms. The first-order valence-corrected chi connectivity index (χ1v) is 7.36. The average molecular weight is 279 g/mol. The van der Waals surface area contributed by atoms with Crippen LogP contribution in [0.15, 0.2) is 30.5 Å². The molecule has 2 aromatic rings. The van der Waals surface area contributed by atoms with E-state index in [1.54, 1.807) is 0 Å². The maximum atomic E-state index is 12.4. The highest BCUT2D eigenvalue weighted by Gasteiger charge is 2.40. The van der Waals surface area contributed by atoms with Crippen LogP contribution in [0, 0.1) is 18.3 Å². The number of piperidine rings is 1. The second-order valence-electron chi connectivity index (χ2n) is 5.99. The molecular formula is C17H17N3O. The molecule has 1 saturated heterocycles. The van der Waals surface area contributed by atoms with Gasteiger partial charge in [0, 0.05) is 35.9 Å². The molecular weight excluding hydrogens is 262 g/mol. The lowest BCUT2D eigenvalue weighted by Crippen LogP contribution is -2.44. The topological polar surface area (TPSA) is 45.5 Å². The molecule has 0 radical (unpaired) electrons. The SMILES string of the molecule is C#Cc1ccc2cc(C(=O)NC3CC4CC3CN4)ccn12. The highest BCUT2D eigenvalue weighted by atomic mass is 16.1. The summed E-state index contributed by atoms with van der Waals surface area (Å²) in [5.41, 5.74) is 2.45. The minimum Gasteiger partial charge on any atom is -0.349 e. The summed E-state index contributed by atoms with van der Waals surface area (Å²) >= 11 is 0. The first kappa shape index (κ1) is 12.5. The van der Waals surface area contributed by atoms with Crippen molar-refractivity contribution in [3.05, 3.63) is 41.7 Å². The number of nitrogens with one attached hydrogen (secondary N) is 2. The third kappa shape index (κ3) is 2.01. The van der Waals surface area contributed by atoms with E-state index in [-0.39, 0.29) is 5.91 Å². The Morgan fingerprint density at radius 1 is 1.38 bits per heavy atom. The molecule has 1 saturated carbocycles. The summed E-state index contributed by atoms with van der Waals surface area (Å²) in [5.74, 6) is 3.23. The van der Waals surface area contributed by atoms with Crippen LogP contribution in [0.25, 0.3) is 5.52 Å². The number of rotatable bonds is 2. The van der Waals surface area contributed by atoms with Crippen molar-refractivity contribution >= 4 is 11.4 Å². The Bertz CT molecular complexity index is 755. The Kier molecular flexibility index (Phi) is 2.76. The van der Waals surface area contributed by atoms with Gasteiger partial charge in [-0.3, -0.25) is 4.79 Å². The Morgan fingerprint density at radius 3 is 3.00 bits per heavy atom. The second kappa shape index (κ2) is 4.64. The van der Waals surface area contributed by atoms with Gasteiger partial charge in [-0.1, -0.05) is 5.92 Å². The van der Waals surface area contributed by atoms with Crippen LogP contribution in [0.4, 0.5) is 0 Å². The number of carbonyl (C=O) groups excluding carboxylic acids is 1. The monoisotopic (exact) mass is 279 g/mol. The molecule has 2 aliphatic rings. The number of fused-ring (bicyclic) bond motifs is 3. The Balaban J connectivity index is 1.55. The minimum absolute atomic E-state index is 0.0125. The Labute approximate surface area is 123 Å². The molecule has 106 valence electrons. The largest absolute Gasteiger partial charge is 0.349 e. The fraction of sp³-hybridized carbons (Fsp3) is 0.353. The van der Waals surface area contributed by atoms with E-state index in [1.165, 1.54) is 6.42 Å². The normalized spacial score (nSPS) is 26.9. The summed E-state index contributed by atoms with van der Waals surface area (Å²) in [6.07, 6.45) is 9.54. The molecule has 0 spiro atoms. The van der Waals surface area contributed by atoms with Crippen LogP contribution in [-0.4, -0.2) is 28.9 Å². The lowest BCUT2D eigenvalue weighted by molar-refractivity contribution is 0.0925. The average Bonchev–Trinajstić information content (AvgIpc) is 3.21. The molecule has 1 aliphatic heterocycles. The van der Waals surface area contributed by atoms with E-state index in [0.717, 1.165) is 24.2 Å². The zero-order chi connectivity index (χ0) is 14.4. The predicted octanol–water partition coefficient (Wildman–Crippen LogP) is 1.40. The molecule has 4 nitrogen and oxygen atoms in total. The summed E-state index contributed by atoms with van der Waals surface area (Å²) in [4.78, 5) is 12.4. The second-order valence-corrected chi connectivity index (χ2v) is 5.99. The number of hydrogen-bond donors (Lipinski definition) is 2. The summed E-state index contributed by atoms with van der Waals surface area (Å²) in [5, 5.41) is 6.64. The molecule has 2 bridgehead atoms. The number of carbonyl (C=O) groups is 1. The van der Waals surface area contributed by atoms with Gasteiger partial charge in [0.1, 0.15) is 0 Å². The van der Waals surface area contributed by atoms with Gasteiger partial charge in [-0.2, -0.15) is 0 Å². The van der Waals surface area contributed by atoms with Crippen LogP contribution in [0.1, 0.15) is 28.9 Å². The summed E-state index contributed by atoms with van der Waals surface area (Å²) in [6.45, 7) is 1.03. The van der Waals surface area contributed by atoms with Crippen molar-refractivity contribution in [3.8, 4) is 12.3 Å². The fourth-order valence-corrected chi connectivity index (χ4v) is 3.63. The number of pyridine rings is 1. The van der Waals surface area contributed by atoms with Crippen molar-refractivity contribution in [1.29, 1.82) is 0 Å². The predicted molar refractivity (Wildman–Crippen MR) is 81.1 cm³/mol. The van der Waals surface area contributed by atoms with E-state index >= 15 is 0 Å². The van der Waals surface area contributed by atoms with Crippen LogP contribution >= 0.6 is 0 Å². The van der Waals surface area contributed by atoms with Gasteiger partial charge in [-0.05, 0) is 43.0 Å². The molecule has 21 heavy (non-hydrogen) atoms. The number of aromatic nitrogens is 1. The lowest BCUT2D eigenvalue weighted by Gasteiger charge is -2.23. The van der Waals surface area contributed by atoms with E-state index < -0.39 is 0 Å². The number of nitrogens with zero attached hydrogens (tertiary/aromatic N) is 1. The van der Waals surface area contributed by atoms with Crippen LogP contribution in [-0.2, 0) is 0 Å². The van der Waals surface area contributed by atoms with E-state index in [9.17, 15) is 4.79 Å². The molecule has 0 aromatic carbocycles. The van der Waals surface area contributed by atoms with Gasteiger partial charge in [0.2, 0.25) is 0 Å². The number of terminal acetylenes is 1. The summed E-state index contributed by atoms with van der Waals surface area (Å²) in [6, 6.07) is 8.45. The summed E-state index contributed by atoms with van der Waals surface area (Å²) < 4.78 is 1.91. The highest BCUT2D eigenvalue weighted by molar-refractivity contribution is 5.95. The van der Waals surface area contributed by atoms with Crippen LogP contribution in [0.5, 0.6) is 0 Å². The van der Waals surface area contributed by atoms with Gasteiger partial charge in [-0.15, -0.1) is 6.42 Å². The maximum absolute atomic E-state index is 12.4. The molecule has 3 unspecified atom stereocenters. The van der Waals surface area contributed by atoms with E-state index in [4.69, 9.17) is 6.42 Å². The maximum Gasteiger partial charge on any atom is 0.251 e. The van der Waals surface area contributed by atoms with Gasteiger partial charge in [0.15, 0.2) is 0 Å². The molecule has 2 aromatic heterocycles. The first-order chi connectivity index (χ1) is 10.2. The zero-order valence-electron chi connectivity index (χ0n) is 11.7. The zero-order valence-corrected chi connectivity index (χ0v) is 11.7. The van der Waals surface area contributed by atoms with Gasteiger partial charge < -0.3 is 15.0 Å². The molecule has 2 fully saturated rings. The van der Waals surface area contributed by atoms with Crippen molar-refractivity contribution in [2.75, 3.05) is 6.54 Å². The van der Waals surface area contributed by atoms with Crippen molar-refractivity contribution in [3.63, 3.8) is 0 Å². The van der Waals surface area contributed by atoms with Crippen molar-refractivity contribution in [2.24, 2.45) is 5.92 Å². The third-order valence-corrected chi connectivity index (χ3v) is 4.75. The van der Waals surface area contributed by atoms with Gasteiger partial charge in [-0.25, -0.2) is 0 Å². The van der Waals surface area contributed by atoms with Gasteiger partial charge in [0.25, 0.3) is 5.91 Å².